The lowest BCUT2D eigenvalue weighted by Gasteiger charge is -2.25. The molecule has 0 saturated carbocycles. The number of rotatable bonds is 11. The molecular formula is C17H28N6O6. The van der Waals surface area contributed by atoms with Gasteiger partial charge in [0.05, 0.1) is 19.0 Å². The van der Waals surface area contributed by atoms with Gasteiger partial charge in [-0.25, -0.2) is 9.78 Å². The fraction of sp³-hybridized carbons (Fsp3) is 0.588. The average Bonchev–Trinajstić information content (AvgIpc) is 3.15. The summed E-state index contributed by atoms with van der Waals surface area (Å²) in [7, 11) is 0. The van der Waals surface area contributed by atoms with Crippen molar-refractivity contribution in [1.29, 1.82) is 0 Å². The highest BCUT2D eigenvalue weighted by atomic mass is 16.4. The number of nitrogens with one attached hydrogen (secondary N) is 4. The van der Waals surface area contributed by atoms with Crippen LogP contribution in [0.15, 0.2) is 12.5 Å². The number of aliphatic hydroxyl groups excluding tert-OH is 1. The number of carboxylic acids is 1. The summed E-state index contributed by atoms with van der Waals surface area (Å²) < 4.78 is 0. The van der Waals surface area contributed by atoms with Crippen molar-refractivity contribution in [1.82, 2.24) is 25.9 Å². The number of aromatic nitrogens is 2. The molecule has 1 aromatic rings. The molecule has 0 aliphatic carbocycles. The van der Waals surface area contributed by atoms with Gasteiger partial charge >= 0.3 is 5.97 Å². The van der Waals surface area contributed by atoms with Crippen LogP contribution >= 0.6 is 0 Å². The van der Waals surface area contributed by atoms with E-state index in [-0.39, 0.29) is 12.3 Å². The number of hydrogen-bond donors (Lipinski definition) is 7. The first-order valence-corrected chi connectivity index (χ1v) is 9.04. The highest BCUT2D eigenvalue weighted by Crippen LogP contribution is 2.04. The average molecular weight is 412 g/mol. The summed E-state index contributed by atoms with van der Waals surface area (Å²) in [4.78, 5) is 54.5. The molecule has 0 bridgehead atoms. The number of H-pyrrole nitrogens is 1. The summed E-state index contributed by atoms with van der Waals surface area (Å²) in [6, 6.07) is -4.44. The Bertz CT molecular complexity index is 707. The Morgan fingerprint density at radius 1 is 1.10 bits per heavy atom. The van der Waals surface area contributed by atoms with E-state index in [0.29, 0.717) is 5.69 Å². The van der Waals surface area contributed by atoms with Crippen LogP contribution in [0.1, 0.15) is 26.5 Å². The number of carbonyl (C=O) groups is 4. The molecule has 0 aromatic carbocycles. The third-order valence-electron chi connectivity index (χ3n) is 4.13. The molecular weight excluding hydrogens is 384 g/mol. The van der Waals surface area contributed by atoms with E-state index in [4.69, 9.17) is 15.9 Å². The molecule has 162 valence electrons. The maximum absolute atomic E-state index is 12.4. The summed E-state index contributed by atoms with van der Waals surface area (Å²) in [5, 5.41) is 25.1. The van der Waals surface area contributed by atoms with Gasteiger partial charge in [-0.05, 0) is 12.8 Å². The quantitative estimate of drug-likeness (QED) is 0.206. The number of aromatic amines is 1. The second-order valence-corrected chi connectivity index (χ2v) is 6.93. The van der Waals surface area contributed by atoms with Crippen molar-refractivity contribution in [2.24, 2.45) is 11.7 Å². The molecule has 12 nitrogen and oxygen atoms in total. The van der Waals surface area contributed by atoms with E-state index in [0.717, 1.165) is 0 Å². The van der Waals surface area contributed by atoms with Crippen LogP contribution in [-0.2, 0) is 25.6 Å². The molecule has 1 rings (SSSR count). The maximum Gasteiger partial charge on any atom is 0.328 e. The molecule has 3 amide bonds. The topological polar surface area (TPSA) is 200 Å². The third-order valence-corrected chi connectivity index (χ3v) is 4.13. The fourth-order valence-corrected chi connectivity index (χ4v) is 2.37. The first-order valence-electron chi connectivity index (χ1n) is 9.04. The minimum Gasteiger partial charge on any atom is -0.480 e. The lowest BCUT2D eigenvalue weighted by Crippen LogP contribution is -2.58. The van der Waals surface area contributed by atoms with Gasteiger partial charge in [-0.15, -0.1) is 0 Å². The standard InChI is InChI=1S/C17H28N6O6/c1-8(2)13(16(27)22-12(6-24)17(28)29)23-14(25)9(3)21-15(26)11(18)4-10-5-19-7-20-10/h5,7-9,11-13,24H,4,6,18H2,1-3H3,(H,19,20)(H,21,26)(H,22,27)(H,23,25)(H,28,29). The number of carbonyl (C=O) groups excluding carboxylic acids is 3. The maximum atomic E-state index is 12.4. The number of amides is 3. The van der Waals surface area contributed by atoms with Crippen LogP contribution in [0, 0.1) is 5.92 Å². The number of aliphatic hydroxyl groups is 1. The van der Waals surface area contributed by atoms with Crippen molar-refractivity contribution in [3.8, 4) is 0 Å². The number of aliphatic carboxylic acids is 1. The Labute approximate surface area is 167 Å². The van der Waals surface area contributed by atoms with Crippen LogP contribution < -0.4 is 21.7 Å². The SMILES string of the molecule is CC(NC(=O)C(N)Cc1cnc[nH]1)C(=O)NC(C(=O)NC(CO)C(=O)O)C(C)C. The lowest BCUT2D eigenvalue weighted by molar-refractivity contribution is -0.143. The first-order chi connectivity index (χ1) is 13.6. The molecule has 8 N–H and O–H groups in total. The van der Waals surface area contributed by atoms with Crippen LogP contribution in [0.3, 0.4) is 0 Å². The zero-order valence-corrected chi connectivity index (χ0v) is 16.5. The highest BCUT2D eigenvalue weighted by molar-refractivity contribution is 5.94. The van der Waals surface area contributed by atoms with E-state index in [1.807, 2.05) is 0 Å². The largest absolute Gasteiger partial charge is 0.480 e. The van der Waals surface area contributed by atoms with Crippen LogP contribution in [0.25, 0.3) is 0 Å². The predicted octanol–water partition coefficient (Wildman–Crippen LogP) is -2.51. The Kier molecular flexibility index (Phi) is 9.22. The fourth-order valence-electron chi connectivity index (χ4n) is 2.37. The zero-order chi connectivity index (χ0) is 22.1. The number of imidazole rings is 1. The van der Waals surface area contributed by atoms with Crippen LogP contribution in [0.2, 0.25) is 0 Å². The van der Waals surface area contributed by atoms with Crippen molar-refractivity contribution >= 4 is 23.7 Å². The minimum atomic E-state index is -1.49. The first kappa shape index (κ1) is 24.0. The monoisotopic (exact) mass is 412 g/mol. The molecule has 0 radical (unpaired) electrons. The number of carboxylic acid groups (broad SMARTS) is 1. The highest BCUT2D eigenvalue weighted by Gasteiger charge is 2.30. The van der Waals surface area contributed by atoms with Crippen molar-refractivity contribution < 1.29 is 29.4 Å². The van der Waals surface area contributed by atoms with Gasteiger partial charge < -0.3 is 36.9 Å². The predicted molar refractivity (Wildman–Crippen MR) is 101 cm³/mol. The Morgan fingerprint density at radius 3 is 2.24 bits per heavy atom. The van der Waals surface area contributed by atoms with Crippen LogP contribution in [-0.4, -0.2) is 74.6 Å². The van der Waals surface area contributed by atoms with Gasteiger partial charge in [0.25, 0.3) is 0 Å². The zero-order valence-electron chi connectivity index (χ0n) is 16.5. The second-order valence-electron chi connectivity index (χ2n) is 6.93. The molecule has 0 aliphatic rings. The van der Waals surface area contributed by atoms with Crippen molar-refractivity contribution in [3.05, 3.63) is 18.2 Å². The van der Waals surface area contributed by atoms with Gasteiger partial charge in [-0.2, -0.15) is 0 Å². The molecule has 4 atom stereocenters. The Hall–Kier alpha value is -2.99. The molecule has 29 heavy (non-hydrogen) atoms. The molecule has 0 spiro atoms. The van der Waals surface area contributed by atoms with Crippen molar-refractivity contribution in [3.63, 3.8) is 0 Å². The van der Waals surface area contributed by atoms with Crippen molar-refractivity contribution in [2.75, 3.05) is 6.61 Å². The van der Waals surface area contributed by atoms with Gasteiger partial charge in [0.15, 0.2) is 0 Å². The number of hydrogen-bond acceptors (Lipinski definition) is 7. The number of nitrogens with zero attached hydrogens (tertiary/aromatic N) is 1. The van der Waals surface area contributed by atoms with Gasteiger partial charge in [0.2, 0.25) is 17.7 Å². The second kappa shape index (κ2) is 11.1. The van der Waals surface area contributed by atoms with E-state index in [2.05, 4.69) is 25.9 Å². The smallest absolute Gasteiger partial charge is 0.328 e. The summed E-state index contributed by atoms with van der Waals surface area (Å²) >= 11 is 0. The van der Waals surface area contributed by atoms with E-state index in [9.17, 15) is 19.2 Å². The summed E-state index contributed by atoms with van der Waals surface area (Å²) in [6.45, 7) is 3.95. The molecule has 0 saturated heterocycles. The van der Waals surface area contributed by atoms with E-state index >= 15 is 0 Å². The Balaban J connectivity index is 2.65. The molecule has 1 heterocycles. The van der Waals surface area contributed by atoms with Gasteiger partial charge in [-0.1, -0.05) is 13.8 Å². The van der Waals surface area contributed by atoms with E-state index in [1.165, 1.54) is 19.4 Å². The molecule has 12 heteroatoms. The molecule has 1 aromatic heterocycles. The minimum absolute atomic E-state index is 0.203. The number of nitrogens with two attached hydrogens (primary N) is 1. The third kappa shape index (κ3) is 7.50. The van der Waals surface area contributed by atoms with Crippen LogP contribution in [0.5, 0.6) is 0 Å². The summed E-state index contributed by atoms with van der Waals surface area (Å²) in [5.74, 6) is -3.74. The normalized spacial score (nSPS) is 15.1. The van der Waals surface area contributed by atoms with Gasteiger partial charge in [0.1, 0.15) is 18.1 Å². The van der Waals surface area contributed by atoms with Gasteiger partial charge in [0, 0.05) is 18.3 Å². The van der Waals surface area contributed by atoms with Crippen LogP contribution in [0.4, 0.5) is 0 Å². The van der Waals surface area contributed by atoms with E-state index in [1.54, 1.807) is 13.8 Å². The van der Waals surface area contributed by atoms with Crippen molar-refractivity contribution in [2.45, 2.75) is 51.4 Å². The lowest BCUT2D eigenvalue weighted by atomic mass is 10.0. The molecule has 0 aliphatic heterocycles. The van der Waals surface area contributed by atoms with Gasteiger partial charge in [-0.3, -0.25) is 14.4 Å². The molecule has 4 unspecified atom stereocenters. The molecule has 0 fully saturated rings. The van der Waals surface area contributed by atoms with E-state index < -0.39 is 54.5 Å². The summed E-state index contributed by atoms with van der Waals surface area (Å²) in [5.41, 5.74) is 6.48. The summed E-state index contributed by atoms with van der Waals surface area (Å²) in [6.07, 6.45) is 3.19. The Morgan fingerprint density at radius 2 is 1.76 bits per heavy atom.